The summed E-state index contributed by atoms with van der Waals surface area (Å²) in [6, 6.07) is 7.97. The van der Waals surface area contributed by atoms with E-state index < -0.39 is 0 Å². The van der Waals surface area contributed by atoms with Gasteiger partial charge in [0.05, 0.1) is 6.04 Å². The Kier molecular flexibility index (Phi) is 7.87. The van der Waals surface area contributed by atoms with Crippen molar-refractivity contribution in [2.24, 2.45) is 0 Å². The Morgan fingerprint density at radius 2 is 2.13 bits per heavy atom. The van der Waals surface area contributed by atoms with Crippen molar-refractivity contribution >= 4 is 23.2 Å². The Hall–Kier alpha value is -2.64. The second kappa shape index (κ2) is 10.6. The van der Waals surface area contributed by atoms with Gasteiger partial charge in [0.15, 0.2) is 0 Å². The van der Waals surface area contributed by atoms with Crippen LogP contribution in [0, 0.1) is 13.8 Å². The van der Waals surface area contributed by atoms with Crippen molar-refractivity contribution in [3.63, 3.8) is 0 Å². The summed E-state index contributed by atoms with van der Waals surface area (Å²) in [5.41, 5.74) is 3.39. The van der Waals surface area contributed by atoms with Gasteiger partial charge >= 0.3 is 0 Å². The first-order chi connectivity index (χ1) is 14.9. The van der Waals surface area contributed by atoms with E-state index in [1.807, 2.05) is 24.0 Å². The second-order valence-electron chi connectivity index (χ2n) is 7.73. The van der Waals surface area contributed by atoms with Crippen molar-refractivity contribution in [1.82, 2.24) is 9.80 Å². The maximum atomic E-state index is 13.3. The summed E-state index contributed by atoms with van der Waals surface area (Å²) < 4.78 is 11.1. The Morgan fingerprint density at radius 1 is 1.32 bits per heavy atom. The summed E-state index contributed by atoms with van der Waals surface area (Å²) in [4.78, 5) is 30.2. The summed E-state index contributed by atoms with van der Waals surface area (Å²) in [7, 11) is 1.47. The lowest BCUT2D eigenvalue weighted by atomic mass is 10.00. The number of amides is 2. The number of methoxy groups -OCH3 is 1. The molecule has 0 fully saturated rings. The zero-order valence-electron chi connectivity index (χ0n) is 18.4. The number of carbonyl (C=O) groups excluding carboxylic acids is 2. The van der Waals surface area contributed by atoms with Crippen molar-refractivity contribution < 1.29 is 19.1 Å². The highest BCUT2D eigenvalue weighted by atomic mass is 32.1. The number of fused-ring (bicyclic) bond motifs is 1. The van der Waals surface area contributed by atoms with Gasteiger partial charge in [-0.2, -0.15) is 0 Å². The lowest BCUT2D eigenvalue weighted by Gasteiger charge is -2.37. The first kappa shape index (κ1) is 23.0. The smallest absolute Gasteiger partial charge is 0.249 e. The fraction of sp³-hybridized carbons (Fsp3) is 0.417. The van der Waals surface area contributed by atoms with E-state index in [0.717, 1.165) is 23.3 Å². The molecule has 6 nitrogen and oxygen atoms in total. The first-order valence-electron chi connectivity index (χ1n) is 10.4. The molecule has 3 rings (SSSR count). The molecule has 1 aliphatic heterocycles. The van der Waals surface area contributed by atoms with Crippen molar-refractivity contribution in [1.29, 1.82) is 0 Å². The van der Waals surface area contributed by atoms with E-state index in [2.05, 4.69) is 31.0 Å². The topological polar surface area (TPSA) is 59.1 Å². The zero-order chi connectivity index (χ0) is 22.4. The van der Waals surface area contributed by atoms with Gasteiger partial charge in [0.2, 0.25) is 11.8 Å². The number of benzene rings is 1. The molecule has 2 amide bonds. The Labute approximate surface area is 188 Å². The third-order valence-corrected chi connectivity index (χ3v) is 6.43. The van der Waals surface area contributed by atoms with Crippen molar-refractivity contribution in [2.45, 2.75) is 26.3 Å². The van der Waals surface area contributed by atoms with Crippen LogP contribution >= 0.6 is 11.3 Å². The molecule has 0 N–H and O–H groups in total. The van der Waals surface area contributed by atoms with Gasteiger partial charge in [-0.05, 0) is 48.9 Å². The standard InChI is InChI=1S/C24H30N2O4S/c1-5-10-25(24(28)16-29-4)14-23(27)26-11-8-22-19(9-12-31-22)20(26)15-30-21-7-6-17(2)13-18(21)3/h5-7,9,12-13,20H,1,8,10-11,14-16H2,2-4H3/t20-/m0/s1. The average molecular weight is 443 g/mol. The van der Waals surface area contributed by atoms with Crippen LogP contribution in [-0.4, -0.2) is 61.6 Å². The summed E-state index contributed by atoms with van der Waals surface area (Å²) >= 11 is 1.72. The Bertz CT molecular complexity index is 939. The van der Waals surface area contributed by atoms with E-state index in [0.29, 0.717) is 19.7 Å². The highest BCUT2D eigenvalue weighted by Crippen LogP contribution is 2.34. The highest BCUT2D eigenvalue weighted by molar-refractivity contribution is 7.10. The average Bonchev–Trinajstić information content (AvgIpc) is 3.22. The van der Waals surface area contributed by atoms with Gasteiger partial charge in [-0.3, -0.25) is 9.59 Å². The number of hydrogen-bond donors (Lipinski definition) is 0. The molecular weight excluding hydrogens is 412 g/mol. The van der Waals surface area contributed by atoms with E-state index in [1.54, 1.807) is 17.4 Å². The lowest BCUT2D eigenvalue weighted by molar-refractivity contribution is -0.144. The number of carbonyl (C=O) groups is 2. The number of ether oxygens (including phenoxy) is 2. The summed E-state index contributed by atoms with van der Waals surface area (Å²) in [5.74, 6) is 0.494. The van der Waals surface area contributed by atoms with Crippen LogP contribution in [0.2, 0.25) is 0 Å². The van der Waals surface area contributed by atoms with Crippen LogP contribution in [0.15, 0.2) is 42.3 Å². The number of hydrogen-bond acceptors (Lipinski definition) is 5. The fourth-order valence-corrected chi connectivity index (χ4v) is 4.81. The van der Waals surface area contributed by atoms with Crippen LogP contribution in [0.1, 0.15) is 27.6 Å². The maximum absolute atomic E-state index is 13.3. The minimum Gasteiger partial charge on any atom is -0.491 e. The van der Waals surface area contributed by atoms with E-state index in [9.17, 15) is 9.59 Å². The van der Waals surface area contributed by atoms with Gasteiger partial charge in [0.25, 0.3) is 0 Å². The fourth-order valence-electron chi connectivity index (χ4n) is 3.88. The molecule has 0 saturated carbocycles. The molecule has 0 spiro atoms. The molecule has 7 heteroatoms. The number of aryl methyl sites for hydroxylation is 2. The molecule has 2 heterocycles. The van der Waals surface area contributed by atoms with Crippen LogP contribution in [0.4, 0.5) is 0 Å². The molecule has 0 aliphatic carbocycles. The minimum atomic E-state index is -0.230. The normalized spacial score (nSPS) is 15.3. The summed E-state index contributed by atoms with van der Waals surface area (Å²) in [5, 5.41) is 2.06. The molecular formula is C24H30N2O4S. The minimum absolute atomic E-state index is 0.00621. The maximum Gasteiger partial charge on any atom is 0.249 e. The van der Waals surface area contributed by atoms with E-state index in [-0.39, 0.29) is 31.0 Å². The van der Waals surface area contributed by atoms with Crippen molar-refractivity contribution in [3.05, 3.63) is 63.9 Å². The molecule has 0 bridgehead atoms. The quantitative estimate of drug-likeness (QED) is 0.558. The van der Waals surface area contributed by atoms with Gasteiger partial charge in [0.1, 0.15) is 25.5 Å². The molecule has 0 unspecified atom stereocenters. The predicted octanol–water partition coefficient (Wildman–Crippen LogP) is 3.53. The molecule has 1 aromatic heterocycles. The molecule has 2 aromatic rings. The summed E-state index contributed by atoms with van der Waals surface area (Å²) in [6.45, 7) is 8.98. The Morgan fingerprint density at radius 3 is 2.84 bits per heavy atom. The summed E-state index contributed by atoms with van der Waals surface area (Å²) in [6.07, 6.45) is 2.43. The number of nitrogens with zero attached hydrogens (tertiary/aromatic N) is 2. The van der Waals surface area contributed by atoms with E-state index in [1.165, 1.54) is 22.5 Å². The van der Waals surface area contributed by atoms with Gasteiger partial charge in [0, 0.05) is 25.1 Å². The third-order valence-electron chi connectivity index (χ3n) is 5.44. The van der Waals surface area contributed by atoms with Crippen LogP contribution in [0.3, 0.4) is 0 Å². The van der Waals surface area contributed by atoms with Crippen molar-refractivity contribution in [3.8, 4) is 5.75 Å². The number of thiophene rings is 1. The van der Waals surface area contributed by atoms with Crippen LogP contribution in [-0.2, 0) is 20.7 Å². The van der Waals surface area contributed by atoms with E-state index in [4.69, 9.17) is 9.47 Å². The molecule has 0 saturated heterocycles. The van der Waals surface area contributed by atoms with Crippen LogP contribution in [0.5, 0.6) is 5.75 Å². The monoisotopic (exact) mass is 442 g/mol. The molecule has 1 aromatic carbocycles. The van der Waals surface area contributed by atoms with Gasteiger partial charge < -0.3 is 19.3 Å². The second-order valence-corrected chi connectivity index (χ2v) is 8.73. The molecule has 0 radical (unpaired) electrons. The molecule has 1 aliphatic rings. The van der Waals surface area contributed by atoms with Crippen LogP contribution in [0.25, 0.3) is 0 Å². The molecule has 166 valence electrons. The van der Waals surface area contributed by atoms with Gasteiger partial charge in [-0.15, -0.1) is 17.9 Å². The third kappa shape index (κ3) is 5.54. The first-order valence-corrected chi connectivity index (χ1v) is 11.3. The predicted molar refractivity (Wildman–Crippen MR) is 123 cm³/mol. The number of rotatable bonds is 9. The molecule has 31 heavy (non-hydrogen) atoms. The van der Waals surface area contributed by atoms with Gasteiger partial charge in [-0.25, -0.2) is 0 Å². The SMILES string of the molecule is C=CCN(CC(=O)N1CCc2sccc2[C@@H]1COc1ccc(C)cc1C)C(=O)COC. The van der Waals surface area contributed by atoms with Crippen LogP contribution < -0.4 is 4.74 Å². The zero-order valence-corrected chi connectivity index (χ0v) is 19.2. The molecule has 1 atom stereocenters. The van der Waals surface area contributed by atoms with Crippen molar-refractivity contribution in [2.75, 3.05) is 40.0 Å². The van der Waals surface area contributed by atoms with E-state index >= 15 is 0 Å². The largest absolute Gasteiger partial charge is 0.491 e. The lowest BCUT2D eigenvalue weighted by Crippen LogP contribution is -2.48. The Balaban J connectivity index is 1.78. The van der Waals surface area contributed by atoms with Gasteiger partial charge in [-0.1, -0.05) is 23.8 Å². The highest BCUT2D eigenvalue weighted by Gasteiger charge is 2.33.